The molecule has 0 saturated heterocycles. The number of nitrogens with one attached hydrogen (secondary N) is 1. The fraction of sp³-hybridized carbons (Fsp3) is 0.0769. The second kappa shape index (κ2) is 6.26. The standard InChI is InChI=1S/C13H11Br2NO3S/c14-10-5-6-12(11(15)7-10)16-20(18,19)13-4-2-1-3-9(13)8-17/h1-7,16-17H,8H2. The summed E-state index contributed by atoms with van der Waals surface area (Å²) in [5.41, 5.74) is 0.786. The number of rotatable bonds is 4. The molecule has 0 aliphatic heterocycles. The van der Waals surface area contributed by atoms with Gasteiger partial charge in [0.15, 0.2) is 0 Å². The minimum atomic E-state index is -3.75. The molecular formula is C13H11Br2NO3S. The lowest BCUT2D eigenvalue weighted by Crippen LogP contribution is -2.15. The first kappa shape index (κ1) is 15.5. The van der Waals surface area contributed by atoms with Crippen molar-refractivity contribution in [1.82, 2.24) is 0 Å². The fourth-order valence-corrected chi connectivity index (χ4v) is 4.26. The summed E-state index contributed by atoms with van der Waals surface area (Å²) >= 11 is 6.60. The molecule has 20 heavy (non-hydrogen) atoms. The van der Waals surface area contributed by atoms with Gasteiger partial charge in [0.1, 0.15) is 0 Å². The van der Waals surface area contributed by atoms with Gasteiger partial charge in [-0.05, 0) is 45.8 Å². The molecule has 0 aliphatic rings. The van der Waals surface area contributed by atoms with Crippen molar-refractivity contribution < 1.29 is 13.5 Å². The van der Waals surface area contributed by atoms with Crippen LogP contribution in [0.4, 0.5) is 5.69 Å². The number of hydrogen-bond acceptors (Lipinski definition) is 3. The topological polar surface area (TPSA) is 66.4 Å². The van der Waals surface area contributed by atoms with Crippen LogP contribution in [0.15, 0.2) is 56.3 Å². The lowest BCUT2D eigenvalue weighted by Gasteiger charge is -2.12. The van der Waals surface area contributed by atoms with E-state index in [4.69, 9.17) is 0 Å². The van der Waals surface area contributed by atoms with Gasteiger partial charge in [-0.15, -0.1) is 0 Å². The van der Waals surface area contributed by atoms with Crippen molar-refractivity contribution in [2.75, 3.05) is 4.72 Å². The van der Waals surface area contributed by atoms with Crippen LogP contribution in [-0.2, 0) is 16.6 Å². The summed E-state index contributed by atoms with van der Waals surface area (Å²) in [7, 11) is -3.75. The van der Waals surface area contributed by atoms with Gasteiger partial charge < -0.3 is 5.11 Å². The van der Waals surface area contributed by atoms with E-state index in [2.05, 4.69) is 36.6 Å². The Balaban J connectivity index is 2.41. The Kier molecular flexibility index (Phi) is 4.85. The molecule has 106 valence electrons. The molecular weight excluding hydrogens is 410 g/mol. The highest BCUT2D eigenvalue weighted by molar-refractivity contribution is 9.11. The first-order valence-corrected chi connectivity index (χ1v) is 8.67. The van der Waals surface area contributed by atoms with Gasteiger partial charge in [0.25, 0.3) is 10.0 Å². The molecule has 0 atom stereocenters. The Labute approximate surface area is 134 Å². The van der Waals surface area contributed by atoms with Gasteiger partial charge in [0, 0.05) is 8.95 Å². The largest absolute Gasteiger partial charge is 0.392 e. The molecule has 0 unspecified atom stereocenters. The van der Waals surface area contributed by atoms with Crippen molar-refractivity contribution in [3.63, 3.8) is 0 Å². The van der Waals surface area contributed by atoms with Gasteiger partial charge in [-0.3, -0.25) is 4.72 Å². The van der Waals surface area contributed by atoms with E-state index in [0.717, 1.165) is 4.47 Å². The number of aliphatic hydroxyl groups excluding tert-OH is 1. The van der Waals surface area contributed by atoms with Crippen LogP contribution in [0.3, 0.4) is 0 Å². The second-order valence-electron chi connectivity index (χ2n) is 4.00. The zero-order chi connectivity index (χ0) is 14.8. The summed E-state index contributed by atoms with van der Waals surface area (Å²) in [6, 6.07) is 11.5. The molecule has 2 rings (SSSR count). The second-order valence-corrected chi connectivity index (χ2v) is 7.42. The third-order valence-corrected chi connectivity index (χ3v) is 5.22. The van der Waals surface area contributed by atoms with Gasteiger partial charge in [0.2, 0.25) is 0 Å². The third-order valence-electron chi connectivity index (χ3n) is 2.61. The van der Waals surface area contributed by atoms with E-state index < -0.39 is 10.0 Å². The molecule has 7 heteroatoms. The van der Waals surface area contributed by atoms with Crippen LogP contribution in [0.1, 0.15) is 5.56 Å². The number of anilines is 1. The Bertz CT molecular complexity index is 732. The lowest BCUT2D eigenvalue weighted by atomic mass is 10.2. The van der Waals surface area contributed by atoms with Crippen LogP contribution in [0, 0.1) is 0 Å². The summed E-state index contributed by atoms with van der Waals surface area (Å²) in [5, 5.41) is 9.23. The smallest absolute Gasteiger partial charge is 0.262 e. The Morgan fingerprint density at radius 3 is 2.45 bits per heavy atom. The van der Waals surface area contributed by atoms with Gasteiger partial charge in [-0.1, -0.05) is 34.1 Å². The maximum absolute atomic E-state index is 12.4. The van der Waals surface area contributed by atoms with Crippen molar-refractivity contribution in [3.05, 3.63) is 57.0 Å². The van der Waals surface area contributed by atoms with Crippen molar-refractivity contribution in [2.24, 2.45) is 0 Å². The molecule has 0 saturated carbocycles. The minimum Gasteiger partial charge on any atom is -0.392 e. The average molecular weight is 421 g/mol. The van der Waals surface area contributed by atoms with Crippen molar-refractivity contribution in [3.8, 4) is 0 Å². The van der Waals surface area contributed by atoms with Crippen molar-refractivity contribution in [2.45, 2.75) is 11.5 Å². The Morgan fingerprint density at radius 2 is 1.80 bits per heavy atom. The minimum absolute atomic E-state index is 0.0670. The maximum Gasteiger partial charge on any atom is 0.262 e. The van der Waals surface area contributed by atoms with Crippen molar-refractivity contribution in [1.29, 1.82) is 0 Å². The van der Waals surface area contributed by atoms with Gasteiger partial charge >= 0.3 is 0 Å². The first-order valence-electron chi connectivity index (χ1n) is 5.60. The predicted octanol–water partition coefficient (Wildman–Crippen LogP) is 3.50. The van der Waals surface area contributed by atoms with E-state index in [-0.39, 0.29) is 11.5 Å². The number of benzene rings is 2. The van der Waals surface area contributed by atoms with E-state index in [1.54, 1.807) is 36.4 Å². The fourth-order valence-electron chi connectivity index (χ4n) is 1.67. The normalized spacial score (nSPS) is 11.3. The van der Waals surface area contributed by atoms with E-state index in [1.807, 2.05) is 0 Å². The summed E-state index contributed by atoms with van der Waals surface area (Å²) in [4.78, 5) is 0.0670. The summed E-state index contributed by atoms with van der Waals surface area (Å²) in [5.74, 6) is 0. The van der Waals surface area contributed by atoms with Crippen LogP contribution in [0.25, 0.3) is 0 Å². The monoisotopic (exact) mass is 419 g/mol. The summed E-state index contributed by atoms with van der Waals surface area (Å²) < 4.78 is 28.7. The van der Waals surface area contributed by atoms with Crippen LogP contribution in [0.2, 0.25) is 0 Å². The highest BCUT2D eigenvalue weighted by Crippen LogP contribution is 2.28. The molecule has 0 fully saturated rings. The molecule has 4 nitrogen and oxygen atoms in total. The molecule has 0 aliphatic carbocycles. The molecule has 0 aromatic heterocycles. The van der Waals surface area contributed by atoms with E-state index in [1.165, 1.54) is 6.07 Å². The predicted molar refractivity (Wildman–Crippen MR) is 85.0 cm³/mol. The molecule has 2 N–H and O–H groups in total. The van der Waals surface area contributed by atoms with E-state index in [9.17, 15) is 13.5 Å². The number of hydrogen-bond donors (Lipinski definition) is 2. The third kappa shape index (κ3) is 3.41. The van der Waals surface area contributed by atoms with E-state index in [0.29, 0.717) is 15.7 Å². The number of aliphatic hydroxyl groups is 1. The van der Waals surface area contributed by atoms with Crippen LogP contribution >= 0.6 is 31.9 Å². The van der Waals surface area contributed by atoms with Gasteiger partial charge in [-0.2, -0.15) is 0 Å². The summed E-state index contributed by atoms with van der Waals surface area (Å²) in [6.45, 7) is -0.335. The molecule has 0 bridgehead atoms. The molecule has 0 spiro atoms. The molecule has 2 aromatic rings. The highest BCUT2D eigenvalue weighted by atomic mass is 79.9. The SMILES string of the molecule is O=S(=O)(Nc1ccc(Br)cc1Br)c1ccccc1CO. The van der Waals surface area contributed by atoms with Crippen molar-refractivity contribution >= 4 is 47.6 Å². The Hall–Kier alpha value is -0.890. The maximum atomic E-state index is 12.4. The lowest BCUT2D eigenvalue weighted by molar-refractivity contribution is 0.278. The van der Waals surface area contributed by atoms with Crippen LogP contribution in [0.5, 0.6) is 0 Å². The quantitative estimate of drug-likeness (QED) is 0.795. The van der Waals surface area contributed by atoms with Gasteiger partial charge in [0.05, 0.1) is 17.2 Å². The summed E-state index contributed by atoms with van der Waals surface area (Å²) in [6.07, 6.45) is 0. The first-order chi connectivity index (χ1) is 9.44. The highest BCUT2D eigenvalue weighted by Gasteiger charge is 2.18. The zero-order valence-corrected chi connectivity index (χ0v) is 14.2. The van der Waals surface area contributed by atoms with Gasteiger partial charge in [-0.25, -0.2) is 8.42 Å². The average Bonchev–Trinajstić information content (AvgIpc) is 2.42. The van der Waals surface area contributed by atoms with Crippen LogP contribution in [-0.4, -0.2) is 13.5 Å². The number of sulfonamides is 1. The number of halogens is 2. The molecule has 0 amide bonds. The molecule has 2 aromatic carbocycles. The zero-order valence-electron chi connectivity index (χ0n) is 10.2. The van der Waals surface area contributed by atoms with E-state index >= 15 is 0 Å². The Morgan fingerprint density at radius 1 is 1.10 bits per heavy atom. The van der Waals surface area contributed by atoms with Crippen LogP contribution < -0.4 is 4.72 Å². The molecule has 0 radical (unpaired) electrons. The molecule has 0 heterocycles.